The molecule has 2 N–H and O–H groups in total. The van der Waals surface area contributed by atoms with Crippen molar-refractivity contribution in [3.05, 3.63) is 53.6 Å². The summed E-state index contributed by atoms with van der Waals surface area (Å²) in [6.07, 6.45) is -1.17. The Morgan fingerprint density at radius 1 is 1.32 bits per heavy atom. The number of methoxy groups -OCH3 is 1. The summed E-state index contributed by atoms with van der Waals surface area (Å²) in [6.45, 7) is -0.439. The fraction of sp³-hybridized carbons (Fsp3) is 0.176. The smallest absolute Gasteiger partial charge is 0.432 e. The van der Waals surface area contributed by atoms with E-state index in [2.05, 4.69) is 25.4 Å². The Kier molecular flexibility index (Phi) is 5.95. The quantitative estimate of drug-likeness (QED) is 0.588. The number of hydrogen-bond donors (Lipinski definition) is 2. The number of nitrogens with one attached hydrogen (secondary N) is 2. The molecule has 3 rings (SSSR count). The first-order valence-electron chi connectivity index (χ1n) is 8.33. The Balaban J connectivity index is 1.92. The molecule has 0 atom stereocenters. The van der Waals surface area contributed by atoms with Crippen molar-refractivity contribution >= 4 is 17.4 Å². The van der Waals surface area contributed by atoms with Crippen molar-refractivity contribution in [1.29, 1.82) is 5.26 Å². The van der Waals surface area contributed by atoms with Gasteiger partial charge in [-0.05, 0) is 12.1 Å². The Bertz CT molecular complexity index is 1120. The minimum atomic E-state index is -4.66. The topological polar surface area (TPSA) is 133 Å². The number of H-pyrrole nitrogens is 1. The maximum absolute atomic E-state index is 14.3. The van der Waals surface area contributed by atoms with Crippen LogP contribution in [-0.2, 0) is 12.7 Å². The summed E-state index contributed by atoms with van der Waals surface area (Å²) < 4.78 is 57.6. The first-order chi connectivity index (χ1) is 14.7. The normalized spacial score (nSPS) is 11.0. The lowest BCUT2D eigenvalue weighted by atomic mass is 10.3. The van der Waals surface area contributed by atoms with Crippen molar-refractivity contribution in [2.45, 2.75) is 12.7 Å². The highest BCUT2D eigenvalue weighted by molar-refractivity contribution is 6.01. The third-order valence-corrected chi connectivity index (χ3v) is 3.85. The molecule has 0 saturated heterocycles. The minimum absolute atomic E-state index is 0.0120. The SMILES string of the molecule is COc1ncc(N(Cc2cc(C(F)(F)F)[nH]n2)C(=O)Nc2ccnc(C#N)c2F)cn1. The molecule has 3 heterocycles. The fourth-order valence-electron chi connectivity index (χ4n) is 2.39. The van der Waals surface area contributed by atoms with Gasteiger partial charge in [0.2, 0.25) is 0 Å². The fourth-order valence-corrected chi connectivity index (χ4v) is 2.39. The number of ether oxygens (including phenoxy) is 1. The average molecular weight is 436 g/mol. The molecule has 10 nitrogen and oxygen atoms in total. The van der Waals surface area contributed by atoms with Crippen LogP contribution in [0.3, 0.4) is 0 Å². The third kappa shape index (κ3) is 4.83. The van der Waals surface area contributed by atoms with Gasteiger partial charge >= 0.3 is 18.2 Å². The molecule has 0 radical (unpaired) electrons. The van der Waals surface area contributed by atoms with Crippen molar-refractivity contribution in [3.8, 4) is 12.1 Å². The van der Waals surface area contributed by atoms with Gasteiger partial charge in [0.05, 0.1) is 43.1 Å². The van der Waals surface area contributed by atoms with Gasteiger partial charge in [-0.1, -0.05) is 0 Å². The maximum Gasteiger partial charge on any atom is 0.432 e. The molecule has 0 saturated carbocycles. The van der Waals surface area contributed by atoms with E-state index in [1.807, 2.05) is 5.10 Å². The Hall–Kier alpha value is -4.28. The summed E-state index contributed by atoms with van der Waals surface area (Å²) in [5.74, 6) is -1.07. The molecule has 3 aromatic rings. The van der Waals surface area contributed by atoms with Gasteiger partial charge in [0.15, 0.2) is 11.5 Å². The largest absolute Gasteiger partial charge is 0.467 e. The number of nitriles is 1. The molecule has 0 bridgehead atoms. The molecule has 31 heavy (non-hydrogen) atoms. The molecule has 0 aliphatic carbocycles. The molecular weight excluding hydrogens is 424 g/mol. The van der Waals surface area contributed by atoms with Gasteiger partial charge in [-0.15, -0.1) is 0 Å². The molecule has 0 aromatic carbocycles. The number of carbonyl (C=O) groups is 1. The predicted molar refractivity (Wildman–Crippen MR) is 96.3 cm³/mol. The number of aromatic nitrogens is 5. The Morgan fingerprint density at radius 2 is 2.03 bits per heavy atom. The number of carbonyl (C=O) groups excluding carboxylic acids is 1. The van der Waals surface area contributed by atoms with Crippen LogP contribution >= 0.6 is 0 Å². The lowest BCUT2D eigenvalue weighted by Gasteiger charge is -2.22. The zero-order valence-corrected chi connectivity index (χ0v) is 15.6. The van der Waals surface area contributed by atoms with E-state index in [1.165, 1.54) is 25.6 Å². The number of anilines is 2. The molecular formula is C17H12F4N8O2. The number of alkyl halides is 3. The van der Waals surface area contributed by atoms with Crippen LogP contribution in [-0.4, -0.2) is 38.3 Å². The van der Waals surface area contributed by atoms with Gasteiger partial charge in [0.1, 0.15) is 11.8 Å². The van der Waals surface area contributed by atoms with E-state index in [1.54, 1.807) is 0 Å². The van der Waals surface area contributed by atoms with Gasteiger partial charge in [0.25, 0.3) is 0 Å². The molecule has 2 amide bonds. The predicted octanol–water partition coefficient (Wildman–Crippen LogP) is 2.87. The molecule has 3 aromatic heterocycles. The molecule has 0 unspecified atom stereocenters. The highest BCUT2D eigenvalue weighted by Gasteiger charge is 2.33. The number of amides is 2. The summed E-state index contributed by atoms with van der Waals surface area (Å²) in [5.41, 5.74) is -2.07. The van der Waals surface area contributed by atoms with Gasteiger partial charge in [0, 0.05) is 6.20 Å². The Morgan fingerprint density at radius 3 is 2.61 bits per heavy atom. The second kappa shape index (κ2) is 8.61. The van der Waals surface area contributed by atoms with Crippen LogP contribution in [0.1, 0.15) is 17.1 Å². The van der Waals surface area contributed by atoms with E-state index in [0.29, 0.717) is 0 Å². The van der Waals surface area contributed by atoms with Crippen molar-refractivity contribution < 1.29 is 27.1 Å². The van der Waals surface area contributed by atoms with Crippen molar-refractivity contribution in [3.63, 3.8) is 0 Å². The molecule has 14 heteroatoms. The van der Waals surface area contributed by atoms with E-state index >= 15 is 0 Å². The van der Waals surface area contributed by atoms with Crippen LogP contribution in [0, 0.1) is 17.1 Å². The highest BCUT2D eigenvalue weighted by Crippen LogP contribution is 2.28. The second-order valence-corrected chi connectivity index (χ2v) is 5.85. The van der Waals surface area contributed by atoms with Crippen molar-refractivity contribution in [1.82, 2.24) is 25.1 Å². The van der Waals surface area contributed by atoms with Gasteiger partial charge in [-0.2, -0.15) is 23.5 Å². The average Bonchev–Trinajstić information content (AvgIpc) is 3.23. The summed E-state index contributed by atoms with van der Waals surface area (Å²) in [5, 5.41) is 16.5. The maximum atomic E-state index is 14.3. The van der Waals surface area contributed by atoms with Crippen molar-refractivity contribution in [2.75, 3.05) is 17.3 Å². The van der Waals surface area contributed by atoms with Crippen LogP contribution in [0.5, 0.6) is 6.01 Å². The highest BCUT2D eigenvalue weighted by atomic mass is 19.4. The summed E-state index contributed by atoms with van der Waals surface area (Å²) in [4.78, 5) is 25.0. The van der Waals surface area contributed by atoms with E-state index < -0.39 is 36.0 Å². The first-order valence-corrected chi connectivity index (χ1v) is 8.33. The monoisotopic (exact) mass is 436 g/mol. The molecule has 0 spiro atoms. The summed E-state index contributed by atoms with van der Waals surface area (Å²) >= 11 is 0. The molecule has 160 valence electrons. The number of aromatic amines is 1. The molecule has 0 fully saturated rings. The van der Waals surface area contributed by atoms with Crippen LogP contribution in [0.2, 0.25) is 0 Å². The lowest BCUT2D eigenvalue weighted by Crippen LogP contribution is -2.35. The first kappa shape index (κ1) is 21.4. The van der Waals surface area contributed by atoms with Crippen LogP contribution < -0.4 is 15.0 Å². The summed E-state index contributed by atoms with van der Waals surface area (Å²) in [6, 6.07) is 2.42. The van der Waals surface area contributed by atoms with Crippen molar-refractivity contribution in [2.24, 2.45) is 0 Å². The number of pyridine rings is 1. The van der Waals surface area contributed by atoms with E-state index in [-0.39, 0.29) is 23.1 Å². The number of hydrogen-bond acceptors (Lipinski definition) is 7. The summed E-state index contributed by atoms with van der Waals surface area (Å²) in [7, 11) is 1.32. The second-order valence-electron chi connectivity index (χ2n) is 5.85. The molecule has 0 aliphatic heterocycles. The Labute approximate surface area is 171 Å². The number of nitrogens with zero attached hydrogens (tertiary/aromatic N) is 6. The van der Waals surface area contributed by atoms with Crippen LogP contribution in [0.15, 0.2) is 30.7 Å². The van der Waals surface area contributed by atoms with Crippen LogP contribution in [0.4, 0.5) is 33.7 Å². The standard InChI is InChI=1S/C17H12F4N8O2/c1-31-15-24-6-10(7-25-15)29(8-9-4-13(28-27-9)17(19,20)21)16(30)26-11-2-3-23-12(5-22)14(11)18/h2-4,6-7H,8H2,1H3,(H,27,28)(H,23,26,30). The van der Waals surface area contributed by atoms with Gasteiger partial charge < -0.3 is 10.1 Å². The number of rotatable bonds is 5. The lowest BCUT2D eigenvalue weighted by molar-refractivity contribution is -0.141. The van der Waals surface area contributed by atoms with Crippen LogP contribution in [0.25, 0.3) is 0 Å². The van der Waals surface area contributed by atoms with Gasteiger partial charge in [-0.3, -0.25) is 10.00 Å². The zero-order valence-electron chi connectivity index (χ0n) is 15.6. The van der Waals surface area contributed by atoms with Gasteiger partial charge in [-0.25, -0.2) is 24.1 Å². The number of halogens is 4. The van der Waals surface area contributed by atoms with E-state index in [9.17, 15) is 22.4 Å². The van der Waals surface area contributed by atoms with E-state index in [0.717, 1.165) is 23.2 Å². The minimum Gasteiger partial charge on any atom is -0.467 e. The third-order valence-electron chi connectivity index (χ3n) is 3.85. The zero-order chi connectivity index (χ0) is 22.6. The number of urea groups is 1. The molecule has 0 aliphatic rings. The van der Waals surface area contributed by atoms with E-state index in [4.69, 9.17) is 10.00 Å².